The molecule has 0 radical (unpaired) electrons. The number of aliphatic carboxylic acids is 1. The molecular weight excluding hydrogens is 472 g/mol. The lowest BCUT2D eigenvalue weighted by atomic mass is 9.86. The molecule has 1 aliphatic carbocycles. The minimum Gasteiger partial charge on any atom is -0.497 e. The van der Waals surface area contributed by atoms with Crippen molar-refractivity contribution in [3.63, 3.8) is 0 Å². The number of carbonyl (C=O) groups is 2. The zero-order valence-corrected chi connectivity index (χ0v) is 21.8. The van der Waals surface area contributed by atoms with Gasteiger partial charge >= 0.3 is 12.1 Å². The Balaban J connectivity index is 1.64. The first kappa shape index (κ1) is 24.9. The Kier molecular flexibility index (Phi) is 6.70. The lowest BCUT2D eigenvalue weighted by Gasteiger charge is -2.34. The quantitative estimate of drug-likeness (QED) is 0.485. The van der Waals surface area contributed by atoms with Crippen LogP contribution in [0.4, 0.5) is 22.1 Å². The van der Waals surface area contributed by atoms with Gasteiger partial charge in [-0.3, -0.25) is 9.69 Å². The fourth-order valence-corrected chi connectivity index (χ4v) is 5.86. The number of rotatable bonds is 5. The zero-order chi connectivity index (χ0) is 26.3. The van der Waals surface area contributed by atoms with E-state index in [0.717, 1.165) is 65.4 Å². The highest BCUT2D eigenvalue weighted by Crippen LogP contribution is 2.43. The van der Waals surface area contributed by atoms with Crippen LogP contribution in [-0.4, -0.2) is 54.0 Å². The third kappa shape index (κ3) is 4.36. The number of nitrogens with zero attached hydrogens (tertiary/aromatic N) is 4. The fraction of sp³-hybridized carbons (Fsp3) is 0.464. The second-order valence-corrected chi connectivity index (χ2v) is 10.0. The number of amides is 1. The Labute approximate surface area is 216 Å². The van der Waals surface area contributed by atoms with Gasteiger partial charge < -0.3 is 24.0 Å². The molecule has 196 valence electrons. The van der Waals surface area contributed by atoms with Crippen LogP contribution in [-0.2, 0) is 16.0 Å². The molecule has 2 heterocycles. The Morgan fingerprint density at radius 1 is 1.03 bits per heavy atom. The lowest BCUT2D eigenvalue weighted by molar-refractivity contribution is -0.143. The van der Waals surface area contributed by atoms with Crippen molar-refractivity contribution in [2.24, 2.45) is 5.92 Å². The van der Waals surface area contributed by atoms with Crippen molar-refractivity contribution in [3.05, 3.63) is 42.0 Å². The van der Waals surface area contributed by atoms with E-state index in [4.69, 9.17) is 14.5 Å². The topological polar surface area (TPSA) is 97.1 Å². The number of ether oxygens (including phenoxy) is 2. The zero-order valence-electron chi connectivity index (χ0n) is 21.8. The van der Waals surface area contributed by atoms with Crippen molar-refractivity contribution in [2.45, 2.75) is 57.5 Å². The number of carboxylic acids is 1. The molecule has 0 saturated heterocycles. The van der Waals surface area contributed by atoms with Crippen LogP contribution in [0.3, 0.4) is 0 Å². The van der Waals surface area contributed by atoms with Gasteiger partial charge in [-0.25, -0.2) is 9.78 Å². The van der Waals surface area contributed by atoms with E-state index in [0.29, 0.717) is 12.8 Å². The predicted molar refractivity (Wildman–Crippen MR) is 142 cm³/mol. The molecule has 1 amide bonds. The number of benzene rings is 2. The minimum atomic E-state index is -0.712. The maximum Gasteiger partial charge on any atom is 0.414 e. The van der Waals surface area contributed by atoms with E-state index in [2.05, 4.69) is 9.47 Å². The molecule has 0 unspecified atom stereocenters. The summed E-state index contributed by atoms with van der Waals surface area (Å²) in [5, 5.41) is 9.52. The van der Waals surface area contributed by atoms with Crippen molar-refractivity contribution < 1.29 is 24.2 Å². The third-order valence-corrected chi connectivity index (χ3v) is 7.98. The maximum absolute atomic E-state index is 12.6. The van der Waals surface area contributed by atoms with Gasteiger partial charge in [-0.2, -0.15) is 0 Å². The second-order valence-electron chi connectivity index (χ2n) is 10.0. The average molecular weight is 507 g/mol. The molecule has 1 aromatic heterocycles. The number of fused-ring (bicyclic) bond motifs is 3. The van der Waals surface area contributed by atoms with Crippen molar-refractivity contribution in [3.8, 4) is 5.75 Å². The summed E-state index contributed by atoms with van der Waals surface area (Å²) in [6, 6.07) is 12.1. The average Bonchev–Trinajstić information content (AvgIpc) is 3.32. The van der Waals surface area contributed by atoms with Crippen LogP contribution >= 0.6 is 0 Å². The molecule has 2 aliphatic rings. The largest absolute Gasteiger partial charge is 0.497 e. The van der Waals surface area contributed by atoms with Gasteiger partial charge in [-0.15, -0.1) is 0 Å². The summed E-state index contributed by atoms with van der Waals surface area (Å²) < 4.78 is 12.7. The maximum atomic E-state index is 12.6. The monoisotopic (exact) mass is 506 g/mol. The molecule has 1 N–H and O–H groups in total. The van der Waals surface area contributed by atoms with Gasteiger partial charge in [0.05, 0.1) is 36.9 Å². The number of imidazole rings is 1. The van der Waals surface area contributed by atoms with Crippen LogP contribution in [0.15, 0.2) is 36.4 Å². The molecule has 1 saturated carbocycles. The predicted octanol–water partition coefficient (Wildman–Crippen LogP) is 5.54. The van der Waals surface area contributed by atoms with Crippen molar-refractivity contribution in [2.75, 3.05) is 31.1 Å². The van der Waals surface area contributed by atoms with E-state index in [-0.39, 0.29) is 24.1 Å². The number of carboxylic acid groups (broad SMARTS) is 1. The summed E-state index contributed by atoms with van der Waals surface area (Å²) in [6.45, 7) is 2.03. The van der Waals surface area contributed by atoms with Crippen molar-refractivity contribution >= 4 is 40.4 Å². The Morgan fingerprint density at radius 2 is 1.73 bits per heavy atom. The van der Waals surface area contributed by atoms with Crippen LogP contribution in [0, 0.1) is 5.92 Å². The highest BCUT2D eigenvalue weighted by Gasteiger charge is 2.34. The Bertz CT molecular complexity index is 1310. The molecular formula is C28H34N4O5. The summed E-state index contributed by atoms with van der Waals surface area (Å²) in [6.07, 6.45) is 4.10. The molecule has 0 bridgehead atoms. The summed E-state index contributed by atoms with van der Waals surface area (Å²) in [4.78, 5) is 33.2. The smallest absolute Gasteiger partial charge is 0.414 e. The molecule has 2 aromatic carbocycles. The number of anilines is 3. The summed E-state index contributed by atoms with van der Waals surface area (Å²) in [5.74, 6) is 0.576. The molecule has 9 nitrogen and oxygen atoms in total. The number of hydrogen-bond donors (Lipinski definition) is 1. The van der Waals surface area contributed by atoms with Crippen molar-refractivity contribution in [1.82, 2.24) is 9.55 Å². The first-order valence-electron chi connectivity index (χ1n) is 12.9. The molecule has 0 spiro atoms. The van der Waals surface area contributed by atoms with Gasteiger partial charge in [-0.1, -0.05) is 0 Å². The van der Waals surface area contributed by atoms with Crippen LogP contribution in [0.5, 0.6) is 5.75 Å². The van der Waals surface area contributed by atoms with E-state index in [1.165, 1.54) is 7.11 Å². The number of aryl methyl sites for hydroxylation is 1. The normalized spacial score (nSPS) is 21.4. The SMILES string of the molecule is COC(=O)N1c2ccc3c(nc(N(C)c4ccc(OC)cc4)n3C3CCC(C(=O)O)CC3)c2CC[C@@H]1C. The van der Waals surface area contributed by atoms with E-state index in [9.17, 15) is 14.7 Å². The molecule has 1 atom stereocenters. The summed E-state index contributed by atoms with van der Waals surface area (Å²) >= 11 is 0. The highest BCUT2D eigenvalue weighted by atomic mass is 16.5. The minimum absolute atomic E-state index is 0.0345. The Morgan fingerprint density at radius 3 is 2.35 bits per heavy atom. The van der Waals surface area contributed by atoms with Crippen LogP contribution in [0.1, 0.15) is 50.6 Å². The first-order valence-corrected chi connectivity index (χ1v) is 12.9. The molecule has 5 rings (SSSR count). The van der Waals surface area contributed by atoms with E-state index in [1.807, 2.05) is 50.4 Å². The molecule has 1 fully saturated rings. The second kappa shape index (κ2) is 9.95. The number of methoxy groups -OCH3 is 2. The fourth-order valence-electron chi connectivity index (χ4n) is 5.86. The van der Waals surface area contributed by atoms with E-state index < -0.39 is 5.97 Å². The molecule has 37 heavy (non-hydrogen) atoms. The number of hydrogen-bond acceptors (Lipinski definition) is 6. The van der Waals surface area contributed by atoms with Gasteiger partial charge in [0, 0.05) is 30.4 Å². The number of aromatic nitrogens is 2. The van der Waals surface area contributed by atoms with Crippen LogP contribution in [0.25, 0.3) is 11.0 Å². The summed E-state index contributed by atoms with van der Waals surface area (Å²) in [5.41, 5.74) is 4.75. The van der Waals surface area contributed by atoms with Crippen LogP contribution in [0.2, 0.25) is 0 Å². The molecule has 9 heteroatoms. The van der Waals surface area contributed by atoms with Gasteiger partial charge in [0.15, 0.2) is 0 Å². The van der Waals surface area contributed by atoms with Gasteiger partial charge in [0.2, 0.25) is 5.95 Å². The molecule has 1 aliphatic heterocycles. The van der Waals surface area contributed by atoms with E-state index >= 15 is 0 Å². The van der Waals surface area contributed by atoms with E-state index in [1.54, 1.807) is 12.0 Å². The lowest BCUT2D eigenvalue weighted by Crippen LogP contribution is -2.42. The van der Waals surface area contributed by atoms with Crippen LogP contribution < -0.4 is 14.5 Å². The molecule has 3 aromatic rings. The van der Waals surface area contributed by atoms with Gasteiger partial charge in [-0.05, 0) is 81.8 Å². The number of carbonyl (C=O) groups excluding carboxylic acids is 1. The highest BCUT2D eigenvalue weighted by molar-refractivity contribution is 5.96. The first-order chi connectivity index (χ1) is 17.8. The third-order valence-electron chi connectivity index (χ3n) is 7.98. The van der Waals surface area contributed by atoms with Gasteiger partial charge in [0.1, 0.15) is 5.75 Å². The summed E-state index contributed by atoms with van der Waals surface area (Å²) in [7, 11) is 5.05. The standard InChI is InChI=1S/C28H34N4O5/c1-17-5-14-22-23(31(17)28(35)37-4)15-16-24-25(22)29-27(30(2)19-10-12-21(36-3)13-11-19)32(24)20-8-6-18(7-9-20)26(33)34/h10-13,15-18,20H,5-9,14H2,1-4H3,(H,33,34)/t17-,18?,20?/m0/s1. The van der Waals surface area contributed by atoms with Crippen molar-refractivity contribution in [1.29, 1.82) is 0 Å². The Hall–Kier alpha value is -3.75. The van der Waals surface area contributed by atoms with Gasteiger partial charge in [0.25, 0.3) is 0 Å².